The Labute approximate surface area is 114 Å². The largest absolute Gasteiger partial charge is 0.328 e. The molecule has 2 heterocycles. The lowest BCUT2D eigenvalue weighted by molar-refractivity contribution is 0.647. The minimum atomic E-state index is -0.641. The Morgan fingerprint density at radius 1 is 1.44 bits per heavy atom. The monoisotopic (exact) mass is 325 g/mol. The molecular formula is C11H8BrN3O2S. The van der Waals surface area contributed by atoms with Crippen LogP contribution in [0.1, 0.15) is 10.4 Å². The summed E-state index contributed by atoms with van der Waals surface area (Å²) in [5.41, 5.74) is -1.19. The quantitative estimate of drug-likeness (QED) is 0.928. The zero-order valence-corrected chi connectivity index (χ0v) is 11.5. The summed E-state index contributed by atoms with van der Waals surface area (Å²) in [6.45, 7) is 0.428. The number of H-pyrrole nitrogens is 1. The van der Waals surface area contributed by atoms with Gasteiger partial charge in [0.2, 0.25) is 0 Å². The van der Waals surface area contributed by atoms with Crippen LogP contribution >= 0.6 is 27.3 Å². The third kappa shape index (κ3) is 2.78. The fourth-order valence-corrected chi connectivity index (χ4v) is 2.94. The van der Waals surface area contributed by atoms with Crippen molar-refractivity contribution in [3.8, 4) is 6.07 Å². The molecule has 0 saturated heterocycles. The van der Waals surface area contributed by atoms with E-state index in [1.54, 1.807) is 17.4 Å². The second-order valence-electron chi connectivity index (χ2n) is 3.56. The topological polar surface area (TPSA) is 78.7 Å². The van der Waals surface area contributed by atoms with E-state index in [0.29, 0.717) is 13.0 Å². The van der Waals surface area contributed by atoms with Crippen LogP contribution in [-0.4, -0.2) is 9.55 Å². The lowest BCUT2D eigenvalue weighted by Crippen LogP contribution is -2.31. The van der Waals surface area contributed by atoms with Crippen molar-refractivity contribution >= 4 is 27.3 Å². The summed E-state index contributed by atoms with van der Waals surface area (Å²) < 4.78 is 2.37. The van der Waals surface area contributed by atoms with Crippen LogP contribution in [0.5, 0.6) is 0 Å². The molecule has 92 valence electrons. The van der Waals surface area contributed by atoms with Crippen molar-refractivity contribution in [2.75, 3.05) is 0 Å². The van der Waals surface area contributed by atoms with Gasteiger partial charge in [-0.25, -0.2) is 4.79 Å². The average molecular weight is 326 g/mol. The van der Waals surface area contributed by atoms with Gasteiger partial charge in [-0.2, -0.15) is 5.26 Å². The molecule has 0 aliphatic heterocycles. The third-order valence-electron chi connectivity index (χ3n) is 2.36. The van der Waals surface area contributed by atoms with Gasteiger partial charge < -0.3 is 0 Å². The first-order chi connectivity index (χ1) is 8.60. The zero-order valence-electron chi connectivity index (χ0n) is 9.14. The number of nitrogens with zero attached hydrogens (tertiary/aromatic N) is 2. The van der Waals surface area contributed by atoms with Crippen LogP contribution in [0.25, 0.3) is 0 Å². The van der Waals surface area contributed by atoms with E-state index in [0.717, 1.165) is 8.66 Å². The predicted octanol–water partition coefficient (Wildman–Crippen LogP) is 1.47. The number of aromatic amines is 1. The van der Waals surface area contributed by atoms with Crippen LogP contribution in [-0.2, 0) is 13.0 Å². The number of aromatic nitrogens is 2. The molecule has 0 spiro atoms. The molecule has 2 rings (SSSR count). The van der Waals surface area contributed by atoms with Gasteiger partial charge >= 0.3 is 5.69 Å². The molecule has 0 atom stereocenters. The van der Waals surface area contributed by atoms with Crippen molar-refractivity contribution < 1.29 is 0 Å². The van der Waals surface area contributed by atoms with Crippen molar-refractivity contribution in [1.82, 2.24) is 9.55 Å². The highest BCUT2D eigenvalue weighted by Gasteiger charge is 2.05. The van der Waals surface area contributed by atoms with Gasteiger partial charge in [-0.15, -0.1) is 11.3 Å². The second-order valence-corrected chi connectivity index (χ2v) is 6.11. The van der Waals surface area contributed by atoms with Gasteiger partial charge in [0.15, 0.2) is 0 Å². The number of rotatable bonds is 3. The van der Waals surface area contributed by atoms with Crippen LogP contribution in [0.2, 0.25) is 0 Å². The first kappa shape index (κ1) is 12.8. The van der Waals surface area contributed by atoms with E-state index in [4.69, 9.17) is 5.26 Å². The van der Waals surface area contributed by atoms with Gasteiger partial charge in [0.1, 0.15) is 11.6 Å². The highest BCUT2D eigenvalue weighted by molar-refractivity contribution is 9.11. The Hall–Kier alpha value is -1.65. The Balaban J connectivity index is 2.22. The van der Waals surface area contributed by atoms with Crippen LogP contribution < -0.4 is 11.2 Å². The molecule has 18 heavy (non-hydrogen) atoms. The molecule has 0 amide bonds. The maximum atomic E-state index is 11.5. The van der Waals surface area contributed by atoms with E-state index in [1.807, 2.05) is 12.1 Å². The van der Waals surface area contributed by atoms with E-state index in [-0.39, 0.29) is 5.56 Å². The Bertz CT molecular complexity index is 723. The van der Waals surface area contributed by atoms with E-state index in [9.17, 15) is 9.59 Å². The molecule has 0 radical (unpaired) electrons. The Morgan fingerprint density at radius 3 is 2.83 bits per heavy atom. The summed E-state index contributed by atoms with van der Waals surface area (Å²) in [6, 6.07) is 5.67. The summed E-state index contributed by atoms with van der Waals surface area (Å²) in [5.74, 6) is 0. The highest BCUT2D eigenvalue weighted by Crippen LogP contribution is 2.22. The zero-order chi connectivity index (χ0) is 13.1. The molecule has 1 N–H and O–H groups in total. The van der Waals surface area contributed by atoms with Gasteiger partial charge in [0, 0.05) is 17.6 Å². The summed E-state index contributed by atoms with van der Waals surface area (Å²) in [5, 5.41) is 8.73. The van der Waals surface area contributed by atoms with Crippen LogP contribution in [0, 0.1) is 11.3 Å². The standard InChI is InChI=1S/C11H8BrN3O2S/c12-9-2-1-8(18-9)3-4-15-6-7(5-13)10(16)14-11(15)17/h1-2,6H,3-4H2,(H,14,16,17). The van der Waals surface area contributed by atoms with Gasteiger partial charge in [0.05, 0.1) is 3.79 Å². The number of halogens is 1. The molecule has 7 heteroatoms. The molecular weight excluding hydrogens is 318 g/mol. The van der Waals surface area contributed by atoms with Gasteiger partial charge in [-0.05, 0) is 34.5 Å². The number of nitriles is 1. The Kier molecular flexibility index (Phi) is 3.79. The van der Waals surface area contributed by atoms with Crippen molar-refractivity contribution in [2.24, 2.45) is 0 Å². The molecule has 0 fully saturated rings. The molecule has 0 aromatic carbocycles. The maximum absolute atomic E-state index is 11.5. The molecule has 0 saturated carbocycles. The van der Waals surface area contributed by atoms with Crippen molar-refractivity contribution in [1.29, 1.82) is 5.26 Å². The van der Waals surface area contributed by atoms with Crippen molar-refractivity contribution in [3.05, 3.63) is 53.4 Å². The first-order valence-corrected chi connectivity index (χ1v) is 6.69. The summed E-state index contributed by atoms with van der Waals surface area (Å²) in [6.07, 6.45) is 1.97. The minimum absolute atomic E-state index is 0.0537. The van der Waals surface area contributed by atoms with E-state index in [2.05, 4.69) is 20.9 Å². The molecule has 0 aliphatic carbocycles. The number of nitrogens with one attached hydrogen (secondary N) is 1. The lowest BCUT2D eigenvalue weighted by Gasteiger charge is -2.03. The molecule has 2 aromatic heterocycles. The first-order valence-electron chi connectivity index (χ1n) is 5.08. The van der Waals surface area contributed by atoms with Crippen molar-refractivity contribution in [3.63, 3.8) is 0 Å². The third-order valence-corrected chi connectivity index (χ3v) is 4.04. The second kappa shape index (κ2) is 5.33. The predicted molar refractivity (Wildman–Crippen MR) is 71.8 cm³/mol. The van der Waals surface area contributed by atoms with Crippen molar-refractivity contribution in [2.45, 2.75) is 13.0 Å². The molecule has 0 bridgehead atoms. The number of hydrogen-bond donors (Lipinski definition) is 1. The number of aryl methyl sites for hydroxylation is 2. The van der Waals surface area contributed by atoms with E-state index < -0.39 is 11.2 Å². The Morgan fingerprint density at radius 2 is 2.22 bits per heavy atom. The fourth-order valence-electron chi connectivity index (χ4n) is 1.47. The summed E-state index contributed by atoms with van der Waals surface area (Å²) in [4.78, 5) is 26.0. The molecule has 0 aliphatic rings. The SMILES string of the molecule is N#Cc1cn(CCc2ccc(Br)s2)c(=O)[nH]c1=O. The highest BCUT2D eigenvalue weighted by atomic mass is 79.9. The van der Waals surface area contributed by atoms with Gasteiger partial charge in [-0.1, -0.05) is 0 Å². The lowest BCUT2D eigenvalue weighted by atomic mass is 10.3. The minimum Gasteiger partial charge on any atom is -0.299 e. The number of hydrogen-bond acceptors (Lipinski definition) is 4. The van der Waals surface area contributed by atoms with Gasteiger partial charge in [0.25, 0.3) is 5.56 Å². The molecule has 5 nitrogen and oxygen atoms in total. The maximum Gasteiger partial charge on any atom is 0.328 e. The molecule has 0 unspecified atom stereocenters. The normalized spacial score (nSPS) is 10.2. The van der Waals surface area contributed by atoms with Crippen LogP contribution in [0.15, 0.2) is 31.7 Å². The summed E-state index contributed by atoms with van der Waals surface area (Å²) >= 11 is 4.95. The fraction of sp³-hybridized carbons (Fsp3) is 0.182. The number of thiophene rings is 1. The van der Waals surface area contributed by atoms with Crippen LogP contribution in [0.3, 0.4) is 0 Å². The summed E-state index contributed by atoms with van der Waals surface area (Å²) in [7, 11) is 0. The van der Waals surface area contributed by atoms with Gasteiger partial charge in [-0.3, -0.25) is 14.3 Å². The average Bonchev–Trinajstić information content (AvgIpc) is 2.74. The van der Waals surface area contributed by atoms with Crippen LogP contribution in [0.4, 0.5) is 0 Å². The smallest absolute Gasteiger partial charge is 0.299 e. The van der Waals surface area contributed by atoms with E-state index in [1.165, 1.54) is 10.8 Å². The molecule has 2 aromatic rings. The van der Waals surface area contributed by atoms with E-state index >= 15 is 0 Å².